The predicted octanol–water partition coefficient (Wildman–Crippen LogP) is 2.44. The van der Waals surface area contributed by atoms with Crippen molar-refractivity contribution in [2.75, 3.05) is 46.9 Å². The number of morpholine rings is 1. The Kier molecular flexibility index (Phi) is 6.35. The molecule has 2 N–H and O–H groups in total. The van der Waals surface area contributed by atoms with Crippen LogP contribution in [-0.2, 0) is 4.74 Å². The van der Waals surface area contributed by atoms with E-state index in [1.165, 1.54) is 11.3 Å². The Labute approximate surface area is 185 Å². The van der Waals surface area contributed by atoms with Crippen molar-refractivity contribution in [2.24, 2.45) is 0 Å². The van der Waals surface area contributed by atoms with Crippen molar-refractivity contribution in [3.05, 3.63) is 52.2 Å². The van der Waals surface area contributed by atoms with E-state index in [4.69, 9.17) is 4.74 Å². The van der Waals surface area contributed by atoms with Crippen molar-refractivity contribution >= 4 is 33.2 Å². The van der Waals surface area contributed by atoms with Gasteiger partial charge in [-0.1, -0.05) is 18.2 Å². The van der Waals surface area contributed by atoms with E-state index in [1.54, 1.807) is 11.1 Å². The summed E-state index contributed by atoms with van der Waals surface area (Å²) in [5.74, 6) is -0.174. The average molecular weight is 442 g/mol. The molecule has 4 rings (SSSR count). The van der Waals surface area contributed by atoms with Crippen LogP contribution in [0.15, 0.2) is 30.5 Å². The van der Waals surface area contributed by atoms with Gasteiger partial charge in [-0.3, -0.25) is 14.7 Å². The number of ether oxygens (including phenoxy) is 1. The van der Waals surface area contributed by atoms with Crippen LogP contribution in [0.3, 0.4) is 0 Å². The number of carbonyl (C=O) groups excluding carboxylic acids is 2. The van der Waals surface area contributed by atoms with Crippen LogP contribution in [0.25, 0.3) is 10.1 Å². The van der Waals surface area contributed by atoms with Crippen molar-refractivity contribution < 1.29 is 14.3 Å². The van der Waals surface area contributed by atoms with Gasteiger partial charge in [-0.2, -0.15) is 5.10 Å². The van der Waals surface area contributed by atoms with E-state index >= 15 is 0 Å². The number of hydrogen-bond donors (Lipinski definition) is 2. The highest BCUT2D eigenvalue weighted by atomic mass is 32.1. The van der Waals surface area contributed by atoms with Crippen LogP contribution in [0, 0.1) is 6.92 Å². The van der Waals surface area contributed by atoms with Crippen LogP contribution in [0.1, 0.15) is 37.4 Å². The molecule has 9 heteroatoms. The first-order valence-electron chi connectivity index (χ1n) is 10.3. The molecule has 2 aromatic heterocycles. The number of carbonyl (C=O) groups is 2. The monoisotopic (exact) mass is 441 g/mol. The van der Waals surface area contributed by atoms with E-state index in [0.717, 1.165) is 27.9 Å². The molecule has 1 aliphatic rings. The summed E-state index contributed by atoms with van der Waals surface area (Å²) in [5, 5.41) is 10.8. The van der Waals surface area contributed by atoms with E-state index in [2.05, 4.69) is 15.5 Å². The van der Waals surface area contributed by atoms with Crippen molar-refractivity contribution in [1.29, 1.82) is 0 Å². The maximum atomic E-state index is 13.0. The molecular formula is C22H27N5O3S. The Bertz CT molecular complexity index is 1090. The molecular weight excluding hydrogens is 414 g/mol. The minimum absolute atomic E-state index is 0.0731. The molecule has 2 amide bonds. The minimum atomic E-state index is -0.365. The van der Waals surface area contributed by atoms with Gasteiger partial charge in [0.2, 0.25) is 0 Å². The summed E-state index contributed by atoms with van der Waals surface area (Å²) in [6.07, 6.45) is 1.20. The lowest BCUT2D eigenvalue weighted by Crippen LogP contribution is -2.42. The number of likely N-dealkylation sites (N-methyl/N-ethyl adjacent to an activating group) is 1. The molecule has 31 heavy (non-hydrogen) atoms. The molecule has 0 bridgehead atoms. The van der Waals surface area contributed by atoms with E-state index in [9.17, 15) is 9.59 Å². The standard InChI is InChI=1S/C22H27N5O3S/c1-14-16(12-24-25-14)22(29)27-10-11-30-17(13-27)19-15-6-4-5-7-18(15)31-20(19)21(28)23-8-9-26(2)3/h4-7,12,17H,8-11,13H2,1-3H3,(H,23,28)(H,24,25). The van der Waals surface area contributed by atoms with Crippen molar-refractivity contribution in [2.45, 2.75) is 13.0 Å². The first kappa shape index (κ1) is 21.5. The molecule has 0 spiro atoms. The first-order valence-corrected chi connectivity index (χ1v) is 11.1. The third kappa shape index (κ3) is 4.48. The van der Waals surface area contributed by atoms with Gasteiger partial charge in [0.15, 0.2) is 0 Å². The number of hydrogen-bond acceptors (Lipinski definition) is 6. The molecule has 1 unspecified atom stereocenters. The van der Waals surface area contributed by atoms with Gasteiger partial charge >= 0.3 is 0 Å². The molecule has 1 aliphatic heterocycles. The summed E-state index contributed by atoms with van der Waals surface area (Å²) in [7, 11) is 3.94. The molecule has 164 valence electrons. The third-order valence-electron chi connectivity index (χ3n) is 5.42. The summed E-state index contributed by atoms with van der Waals surface area (Å²) < 4.78 is 7.13. The van der Waals surface area contributed by atoms with Crippen LogP contribution in [0.4, 0.5) is 0 Å². The number of fused-ring (bicyclic) bond motifs is 1. The molecule has 0 saturated carbocycles. The molecule has 0 aliphatic carbocycles. The van der Waals surface area contributed by atoms with Crippen LogP contribution >= 0.6 is 11.3 Å². The van der Waals surface area contributed by atoms with Gasteiger partial charge in [-0.05, 0) is 32.5 Å². The summed E-state index contributed by atoms with van der Waals surface area (Å²) in [6.45, 7) is 4.47. The molecule has 1 aromatic carbocycles. The highest BCUT2D eigenvalue weighted by Gasteiger charge is 2.32. The fourth-order valence-electron chi connectivity index (χ4n) is 3.77. The average Bonchev–Trinajstić information content (AvgIpc) is 3.36. The second-order valence-electron chi connectivity index (χ2n) is 7.92. The number of aromatic amines is 1. The van der Waals surface area contributed by atoms with E-state index in [1.807, 2.05) is 50.2 Å². The second kappa shape index (κ2) is 9.17. The number of rotatable bonds is 6. The maximum Gasteiger partial charge on any atom is 0.261 e. The van der Waals surface area contributed by atoms with Gasteiger partial charge in [-0.25, -0.2) is 0 Å². The number of H-pyrrole nitrogens is 1. The molecule has 8 nitrogen and oxygen atoms in total. The Morgan fingerprint density at radius 2 is 2.16 bits per heavy atom. The predicted molar refractivity (Wildman–Crippen MR) is 121 cm³/mol. The number of amides is 2. The van der Waals surface area contributed by atoms with Gasteiger partial charge in [0.25, 0.3) is 11.8 Å². The number of aryl methyl sites for hydroxylation is 1. The Morgan fingerprint density at radius 1 is 1.35 bits per heavy atom. The van der Waals surface area contributed by atoms with Crippen molar-refractivity contribution in [3.63, 3.8) is 0 Å². The lowest BCUT2D eigenvalue weighted by atomic mass is 10.0. The smallest absolute Gasteiger partial charge is 0.261 e. The van der Waals surface area contributed by atoms with Gasteiger partial charge in [-0.15, -0.1) is 11.3 Å². The van der Waals surface area contributed by atoms with Crippen LogP contribution in [-0.4, -0.2) is 78.7 Å². The third-order valence-corrected chi connectivity index (χ3v) is 6.61. The largest absolute Gasteiger partial charge is 0.370 e. The zero-order valence-electron chi connectivity index (χ0n) is 18.0. The van der Waals surface area contributed by atoms with Crippen LogP contribution < -0.4 is 5.32 Å². The number of aromatic nitrogens is 2. The minimum Gasteiger partial charge on any atom is -0.370 e. The van der Waals surface area contributed by atoms with Crippen molar-refractivity contribution in [1.82, 2.24) is 25.3 Å². The zero-order valence-corrected chi connectivity index (χ0v) is 18.8. The van der Waals surface area contributed by atoms with Crippen molar-refractivity contribution in [3.8, 4) is 0 Å². The van der Waals surface area contributed by atoms with Gasteiger partial charge < -0.3 is 19.9 Å². The summed E-state index contributed by atoms with van der Waals surface area (Å²) >= 11 is 1.47. The second-order valence-corrected chi connectivity index (χ2v) is 8.97. The number of nitrogens with zero attached hydrogens (tertiary/aromatic N) is 3. The SMILES string of the molecule is Cc1[nH]ncc1C(=O)N1CCOC(c2c(C(=O)NCCN(C)C)sc3ccccc23)C1. The van der Waals surface area contributed by atoms with Gasteiger partial charge in [0, 0.05) is 35.6 Å². The highest BCUT2D eigenvalue weighted by Crippen LogP contribution is 2.38. The highest BCUT2D eigenvalue weighted by molar-refractivity contribution is 7.21. The Balaban J connectivity index is 1.62. The molecule has 1 atom stereocenters. The molecule has 3 aromatic rings. The summed E-state index contributed by atoms with van der Waals surface area (Å²) in [6, 6.07) is 7.96. The van der Waals surface area contributed by atoms with Crippen LogP contribution in [0.2, 0.25) is 0 Å². The van der Waals surface area contributed by atoms with Gasteiger partial charge in [0.05, 0.1) is 29.8 Å². The molecule has 3 heterocycles. The fraction of sp³-hybridized carbons (Fsp3) is 0.409. The number of benzene rings is 1. The van der Waals surface area contributed by atoms with E-state index < -0.39 is 0 Å². The number of nitrogens with one attached hydrogen (secondary N) is 2. The molecule has 1 fully saturated rings. The zero-order chi connectivity index (χ0) is 22.0. The number of thiophene rings is 1. The van der Waals surface area contributed by atoms with Gasteiger partial charge in [0.1, 0.15) is 6.10 Å². The molecule has 1 saturated heterocycles. The lowest BCUT2D eigenvalue weighted by molar-refractivity contribution is -0.0222. The van der Waals surface area contributed by atoms with E-state index in [-0.39, 0.29) is 17.9 Å². The topological polar surface area (TPSA) is 90.6 Å². The quantitative estimate of drug-likeness (QED) is 0.613. The lowest BCUT2D eigenvalue weighted by Gasteiger charge is -2.33. The maximum absolute atomic E-state index is 13.0. The Hall–Kier alpha value is -2.75. The van der Waals surface area contributed by atoms with Crippen LogP contribution in [0.5, 0.6) is 0 Å². The normalized spacial score (nSPS) is 16.8. The fourth-order valence-corrected chi connectivity index (χ4v) is 4.94. The molecule has 0 radical (unpaired) electrons. The van der Waals surface area contributed by atoms with E-state index in [0.29, 0.717) is 36.7 Å². The summed E-state index contributed by atoms with van der Waals surface area (Å²) in [4.78, 5) is 30.5. The Morgan fingerprint density at radius 3 is 2.90 bits per heavy atom. The summed E-state index contributed by atoms with van der Waals surface area (Å²) in [5.41, 5.74) is 2.18. The first-order chi connectivity index (χ1) is 15.0.